The molecule has 1 N–H and O–H groups in total. The molecule has 1 amide bonds. The topological polar surface area (TPSA) is 68.0 Å². The van der Waals surface area contributed by atoms with Crippen LogP contribution < -0.4 is 5.32 Å². The number of amides is 1. The van der Waals surface area contributed by atoms with Gasteiger partial charge in [-0.05, 0) is 43.3 Å². The van der Waals surface area contributed by atoms with Gasteiger partial charge in [-0.1, -0.05) is 45.4 Å². The molecule has 0 saturated heterocycles. The van der Waals surface area contributed by atoms with Crippen LogP contribution in [0.1, 0.15) is 5.56 Å². The second kappa shape index (κ2) is 7.63. The van der Waals surface area contributed by atoms with E-state index in [1.54, 1.807) is 0 Å². The number of aromatic nitrogens is 2. The zero-order chi connectivity index (χ0) is 16.9. The molecule has 7 heteroatoms. The number of anilines is 1. The normalized spacial score (nSPS) is 10.6. The molecule has 3 rings (SSSR count). The third-order valence-corrected chi connectivity index (χ3v) is 4.51. The van der Waals surface area contributed by atoms with Crippen molar-refractivity contribution in [1.29, 1.82) is 0 Å². The summed E-state index contributed by atoms with van der Waals surface area (Å²) in [6, 6.07) is 15.2. The molecule has 0 atom stereocenters. The Morgan fingerprint density at radius 2 is 1.83 bits per heavy atom. The number of carbonyl (C=O) groups excluding carboxylic acids is 1. The van der Waals surface area contributed by atoms with E-state index >= 15 is 0 Å². The van der Waals surface area contributed by atoms with Gasteiger partial charge in [0.25, 0.3) is 5.22 Å². The van der Waals surface area contributed by atoms with Gasteiger partial charge >= 0.3 is 0 Å². The number of benzene rings is 2. The number of nitrogens with one attached hydrogen (secondary N) is 1. The fourth-order valence-electron chi connectivity index (χ4n) is 1.94. The number of nitrogens with zero attached hydrogens (tertiary/aromatic N) is 2. The van der Waals surface area contributed by atoms with Gasteiger partial charge in [0.05, 0.1) is 5.75 Å². The van der Waals surface area contributed by atoms with Crippen LogP contribution in [0.4, 0.5) is 5.69 Å². The Labute approximate surface area is 152 Å². The molecule has 0 bridgehead atoms. The Bertz CT molecular complexity index is 832. The number of hydrogen-bond donors (Lipinski definition) is 1. The van der Waals surface area contributed by atoms with Gasteiger partial charge in [-0.25, -0.2) is 0 Å². The van der Waals surface area contributed by atoms with E-state index in [-0.39, 0.29) is 11.7 Å². The largest absolute Gasteiger partial charge is 0.411 e. The third-order valence-electron chi connectivity index (χ3n) is 3.16. The summed E-state index contributed by atoms with van der Waals surface area (Å²) in [4.78, 5) is 12.0. The van der Waals surface area contributed by atoms with Crippen molar-refractivity contribution in [1.82, 2.24) is 10.2 Å². The van der Waals surface area contributed by atoms with Gasteiger partial charge in [0.15, 0.2) is 0 Å². The van der Waals surface area contributed by atoms with Gasteiger partial charge in [0.2, 0.25) is 11.8 Å². The van der Waals surface area contributed by atoms with Gasteiger partial charge in [0, 0.05) is 15.7 Å². The molecule has 1 aromatic heterocycles. The molecule has 1 heterocycles. The molecular weight excluding hydrogens is 390 g/mol. The van der Waals surface area contributed by atoms with Crippen molar-refractivity contribution in [2.45, 2.75) is 12.1 Å². The molecule has 24 heavy (non-hydrogen) atoms. The highest BCUT2D eigenvalue weighted by atomic mass is 79.9. The average Bonchev–Trinajstić information content (AvgIpc) is 3.05. The highest BCUT2D eigenvalue weighted by molar-refractivity contribution is 9.10. The second-order valence-electron chi connectivity index (χ2n) is 5.08. The van der Waals surface area contributed by atoms with E-state index in [1.165, 1.54) is 11.8 Å². The van der Waals surface area contributed by atoms with Gasteiger partial charge < -0.3 is 9.73 Å². The lowest BCUT2D eigenvalue weighted by Crippen LogP contribution is -2.13. The van der Waals surface area contributed by atoms with Gasteiger partial charge in [0.1, 0.15) is 0 Å². The Morgan fingerprint density at radius 3 is 2.54 bits per heavy atom. The predicted octanol–water partition coefficient (Wildman–Crippen LogP) is 4.54. The number of hydrogen-bond acceptors (Lipinski definition) is 5. The smallest absolute Gasteiger partial charge is 0.277 e. The standard InChI is InChI=1S/C17H14BrN3O2S/c1-11-2-4-12(5-3-11)16-20-21-17(23-16)24-10-15(22)19-14-8-6-13(18)7-9-14/h2-9H,10H2,1H3,(H,19,22). The summed E-state index contributed by atoms with van der Waals surface area (Å²) >= 11 is 4.56. The lowest BCUT2D eigenvalue weighted by Gasteiger charge is -2.03. The highest BCUT2D eigenvalue weighted by Gasteiger charge is 2.11. The Hall–Kier alpha value is -2.12. The maximum Gasteiger partial charge on any atom is 0.277 e. The SMILES string of the molecule is Cc1ccc(-c2nnc(SCC(=O)Nc3ccc(Br)cc3)o2)cc1. The first-order valence-corrected chi connectivity index (χ1v) is 8.97. The summed E-state index contributed by atoms with van der Waals surface area (Å²) in [7, 11) is 0. The van der Waals surface area contributed by atoms with E-state index in [0.717, 1.165) is 21.3 Å². The zero-order valence-electron chi connectivity index (χ0n) is 12.8. The van der Waals surface area contributed by atoms with E-state index in [4.69, 9.17) is 4.42 Å². The minimum absolute atomic E-state index is 0.127. The van der Waals surface area contributed by atoms with Gasteiger partial charge in [-0.15, -0.1) is 10.2 Å². The van der Waals surface area contributed by atoms with Crippen LogP contribution in [0.15, 0.2) is 62.6 Å². The summed E-state index contributed by atoms with van der Waals surface area (Å²) in [5.41, 5.74) is 2.77. The Balaban J connectivity index is 1.56. The van der Waals surface area contributed by atoms with Crippen molar-refractivity contribution in [3.63, 3.8) is 0 Å². The lowest BCUT2D eigenvalue weighted by atomic mass is 10.1. The molecule has 5 nitrogen and oxygen atoms in total. The van der Waals surface area contributed by atoms with E-state index in [2.05, 4.69) is 31.4 Å². The first-order valence-electron chi connectivity index (χ1n) is 7.19. The summed E-state index contributed by atoms with van der Waals surface area (Å²) < 4.78 is 6.54. The van der Waals surface area contributed by atoms with Crippen LogP contribution in [-0.2, 0) is 4.79 Å². The van der Waals surface area contributed by atoms with E-state index in [1.807, 2.05) is 55.5 Å². The molecule has 0 fully saturated rings. The van der Waals surface area contributed by atoms with Gasteiger partial charge in [-0.3, -0.25) is 4.79 Å². The summed E-state index contributed by atoms with van der Waals surface area (Å²) in [5, 5.41) is 11.2. The lowest BCUT2D eigenvalue weighted by molar-refractivity contribution is -0.113. The van der Waals surface area contributed by atoms with Crippen LogP contribution in [0.25, 0.3) is 11.5 Å². The molecule has 122 valence electrons. The minimum atomic E-state index is -0.127. The molecular formula is C17H14BrN3O2S. The molecule has 0 saturated carbocycles. The molecule has 0 aliphatic carbocycles. The molecule has 0 unspecified atom stereocenters. The Morgan fingerprint density at radius 1 is 1.12 bits per heavy atom. The third kappa shape index (κ3) is 4.46. The van der Waals surface area contributed by atoms with Crippen LogP contribution in [0.5, 0.6) is 0 Å². The number of aryl methyl sites for hydroxylation is 1. The summed E-state index contributed by atoms with van der Waals surface area (Å²) in [6.07, 6.45) is 0. The monoisotopic (exact) mass is 403 g/mol. The molecule has 0 aliphatic rings. The van der Waals surface area contributed by atoms with Crippen LogP contribution >= 0.6 is 27.7 Å². The molecule has 0 radical (unpaired) electrons. The molecule has 0 spiro atoms. The number of carbonyl (C=O) groups is 1. The fourth-order valence-corrected chi connectivity index (χ4v) is 2.77. The molecule has 2 aromatic carbocycles. The van der Waals surface area contributed by atoms with Crippen molar-refractivity contribution in [2.24, 2.45) is 0 Å². The van der Waals surface area contributed by atoms with Crippen molar-refractivity contribution in [2.75, 3.05) is 11.1 Å². The van der Waals surface area contributed by atoms with Crippen LogP contribution in [0.3, 0.4) is 0 Å². The highest BCUT2D eigenvalue weighted by Crippen LogP contribution is 2.23. The van der Waals surface area contributed by atoms with Crippen molar-refractivity contribution in [3.05, 3.63) is 58.6 Å². The predicted molar refractivity (Wildman–Crippen MR) is 98.0 cm³/mol. The fraction of sp³-hybridized carbons (Fsp3) is 0.118. The van der Waals surface area contributed by atoms with Crippen molar-refractivity contribution >= 4 is 39.3 Å². The maximum atomic E-state index is 12.0. The number of halogens is 1. The first kappa shape index (κ1) is 16.7. The Kier molecular flexibility index (Phi) is 5.32. The van der Waals surface area contributed by atoms with Crippen LogP contribution in [0, 0.1) is 6.92 Å². The van der Waals surface area contributed by atoms with Crippen LogP contribution in [-0.4, -0.2) is 21.9 Å². The molecule has 3 aromatic rings. The first-order chi connectivity index (χ1) is 11.6. The van der Waals surface area contributed by atoms with Crippen molar-refractivity contribution in [3.8, 4) is 11.5 Å². The quantitative estimate of drug-likeness (QED) is 0.633. The number of thioether (sulfide) groups is 1. The van der Waals surface area contributed by atoms with Gasteiger partial charge in [-0.2, -0.15) is 0 Å². The van der Waals surface area contributed by atoms with E-state index in [0.29, 0.717) is 11.1 Å². The van der Waals surface area contributed by atoms with E-state index in [9.17, 15) is 4.79 Å². The average molecular weight is 404 g/mol. The van der Waals surface area contributed by atoms with E-state index < -0.39 is 0 Å². The minimum Gasteiger partial charge on any atom is -0.411 e. The number of rotatable bonds is 5. The summed E-state index contributed by atoms with van der Waals surface area (Å²) in [5.74, 6) is 0.522. The van der Waals surface area contributed by atoms with Crippen molar-refractivity contribution < 1.29 is 9.21 Å². The second-order valence-corrected chi connectivity index (χ2v) is 6.93. The zero-order valence-corrected chi connectivity index (χ0v) is 15.2. The summed E-state index contributed by atoms with van der Waals surface area (Å²) in [6.45, 7) is 2.02. The maximum absolute atomic E-state index is 12.0. The molecule has 0 aliphatic heterocycles. The van der Waals surface area contributed by atoms with Crippen LogP contribution in [0.2, 0.25) is 0 Å².